The van der Waals surface area contributed by atoms with Gasteiger partial charge in [0.1, 0.15) is 5.75 Å². The van der Waals surface area contributed by atoms with Crippen LogP contribution >= 0.6 is 0 Å². The Bertz CT molecular complexity index is 565. The van der Waals surface area contributed by atoms with E-state index < -0.39 is 24.6 Å². The van der Waals surface area contributed by atoms with Crippen molar-refractivity contribution in [1.29, 1.82) is 0 Å². The first kappa shape index (κ1) is 18.3. The molecule has 0 saturated carbocycles. The first-order valence-electron chi connectivity index (χ1n) is 6.53. The Kier molecular flexibility index (Phi) is 5.23. The third-order valence-electron chi connectivity index (χ3n) is 2.90. The van der Waals surface area contributed by atoms with E-state index in [4.69, 9.17) is 4.74 Å². The number of carbonyl (C=O) groups excluding carboxylic acids is 1. The number of rotatable bonds is 5. The van der Waals surface area contributed by atoms with Gasteiger partial charge in [0.15, 0.2) is 0 Å². The standard InChI is InChI=1S/C13H11F6NO4/c14-12(15,16)11(21)24-20-5-10(6-20)22-7-8-1-3-9(4-2-8)23-13(17,18)19/h1-4,10H,5-7H2. The maximum absolute atomic E-state index is 12.0. The minimum absolute atomic E-state index is 0.0307. The van der Waals surface area contributed by atoms with Crippen LogP contribution in [0.1, 0.15) is 5.56 Å². The molecule has 0 radical (unpaired) electrons. The van der Waals surface area contributed by atoms with Crippen molar-refractivity contribution >= 4 is 5.97 Å². The van der Waals surface area contributed by atoms with Crippen molar-refractivity contribution in [1.82, 2.24) is 5.06 Å². The van der Waals surface area contributed by atoms with Gasteiger partial charge in [-0.1, -0.05) is 12.1 Å². The Hall–Kier alpha value is -2.01. The Labute approximate surface area is 131 Å². The van der Waals surface area contributed by atoms with Gasteiger partial charge in [-0.3, -0.25) is 0 Å². The van der Waals surface area contributed by atoms with Crippen molar-refractivity contribution in [2.45, 2.75) is 25.2 Å². The summed E-state index contributed by atoms with van der Waals surface area (Å²) in [6.07, 6.45) is -10.3. The lowest BCUT2D eigenvalue weighted by molar-refractivity contribution is -0.274. The van der Waals surface area contributed by atoms with Gasteiger partial charge in [-0.2, -0.15) is 13.2 Å². The summed E-state index contributed by atoms with van der Waals surface area (Å²) in [6, 6.07) is 4.96. The lowest BCUT2D eigenvalue weighted by Crippen LogP contribution is -2.53. The fourth-order valence-electron chi connectivity index (χ4n) is 1.75. The molecule has 1 aliphatic rings. The molecule has 1 aliphatic heterocycles. The molecular weight excluding hydrogens is 348 g/mol. The molecule has 0 aliphatic carbocycles. The summed E-state index contributed by atoms with van der Waals surface area (Å²) in [6.45, 7) is -0.0216. The highest BCUT2D eigenvalue weighted by atomic mass is 19.4. The summed E-state index contributed by atoms with van der Waals surface area (Å²) in [5, 5.41) is 0.806. The molecule has 1 saturated heterocycles. The first-order valence-corrected chi connectivity index (χ1v) is 6.53. The van der Waals surface area contributed by atoms with Gasteiger partial charge in [0.2, 0.25) is 0 Å². The smallest absolute Gasteiger partial charge is 0.406 e. The number of halogens is 6. The zero-order valence-electron chi connectivity index (χ0n) is 11.9. The maximum atomic E-state index is 12.0. The molecule has 0 bridgehead atoms. The van der Waals surface area contributed by atoms with Crippen LogP contribution < -0.4 is 4.74 Å². The van der Waals surface area contributed by atoms with Gasteiger partial charge in [0.05, 0.1) is 25.8 Å². The molecule has 1 aromatic rings. The van der Waals surface area contributed by atoms with E-state index >= 15 is 0 Å². The highest BCUT2D eigenvalue weighted by molar-refractivity contribution is 5.75. The van der Waals surface area contributed by atoms with E-state index in [1.807, 2.05) is 0 Å². The molecule has 5 nitrogen and oxygen atoms in total. The second-order valence-electron chi connectivity index (χ2n) is 4.85. The van der Waals surface area contributed by atoms with Crippen molar-refractivity contribution < 1.29 is 45.4 Å². The minimum atomic E-state index is -5.06. The molecule has 0 aromatic heterocycles. The van der Waals surface area contributed by atoms with E-state index in [1.54, 1.807) is 0 Å². The number of hydrogen-bond acceptors (Lipinski definition) is 5. The van der Waals surface area contributed by atoms with Crippen molar-refractivity contribution in [2.75, 3.05) is 13.1 Å². The predicted molar refractivity (Wildman–Crippen MR) is 65.4 cm³/mol. The molecule has 1 aromatic carbocycles. The summed E-state index contributed by atoms with van der Waals surface area (Å²) in [5.74, 6) is -2.68. The highest BCUT2D eigenvalue weighted by Crippen LogP contribution is 2.24. The Morgan fingerprint density at radius 3 is 2.17 bits per heavy atom. The SMILES string of the molecule is O=C(ON1CC(OCc2ccc(OC(F)(F)F)cc2)C1)C(F)(F)F. The summed E-state index contributed by atoms with van der Waals surface area (Å²) in [5.41, 5.74) is 0.551. The molecule has 2 rings (SSSR count). The molecule has 0 unspecified atom stereocenters. The summed E-state index contributed by atoms with van der Waals surface area (Å²) in [4.78, 5) is 14.6. The van der Waals surface area contributed by atoms with Crippen LogP contribution in [0.3, 0.4) is 0 Å². The van der Waals surface area contributed by atoms with E-state index in [0.717, 1.165) is 17.2 Å². The molecule has 0 atom stereocenters. The van der Waals surface area contributed by atoms with Gasteiger partial charge >= 0.3 is 18.5 Å². The van der Waals surface area contributed by atoms with E-state index in [1.165, 1.54) is 12.1 Å². The van der Waals surface area contributed by atoms with E-state index in [-0.39, 0.29) is 25.4 Å². The number of benzene rings is 1. The second kappa shape index (κ2) is 6.85. The number of hydrogen-bond donors (Lipinski definition) is 0. The summed E-state index contributed by atoms with van der Waals surface area (Å²) in [7, 11) is 0. The predicted octanol–water partition coefficient (Wildman–Crippen LogP) is 2.81. The lowest BCUT2D eigenvalue weighted by atomic mass is 10.2. The van der Waals surface area contributed by atoms with Crippen LogP contribution in [0.15, 0.2) is 24.3 Å². The molecule has 134 valence electrons. The number of carbonyl (C=O) groups is 1. The van der Waals surface area contributed by atoms with Crippen LogP contribution in [0.5, 0.6) is 5.75 Å². The fraction of sp³-hybridized carbons (Fsp3) is 0.462. The van der Waals surface area contributed by atoms with Crippen molar-refractivity contribution in [3.63, 3.8) is 0 Å². The molecule has 1 fully saturated rings. The number of alkyl halides is 6. The monoisotopic (exact) mass is 359 g/mol. The average Bonchev–Trinajstić information content (AvgIpc) is 2.39. The Morgan fingerprint density at radius 2 is 1.67 bits per heavy atom. The number of hydroxylamine groups is 2. The van der Waals surface area contributed by atoms with Crippen LogP contribution in [0, 0.1) is 0 Å². The summed E-state index contributed by atoms with van der Waals surface area (Å²) >= 11 is 0. The van der Waals surface area contributed by atoms with Crippen molar-refractivity contribution in [3.8, 4) is 5.75 Å². The normalized spacial score (nSPS) is 16.6. The Morgan fingerprint density at radius 1 is 1.08 bits per heavy atom. The van der Waals surface area contributed by atoms with Crippen LogP contribution in [0.4, 0.5) is 26.3 Å². The number of nitrogens with zero attached hydrogens (tertiary/aromatic N) is 1. The van der Waals surface area contributed by atoms with E-state index in [2.05, 4.69) is 9.57 Å². The van der Waals surface area contributed by atoms with Gasteiger partial charge in [-0.15, -0.1) is 18.2 Å². The van der Waals surface area contributed by atoms with Crippen LogP contribution in [-0.2, 0) is 21.0 Å². The third-order valence-corrected chi connectivity index (χ3v) is 2.90. The van der Waals surface area contributed by atoms with Crippen molar-refractivity contribution in [3.05, 3.63) is 29.8 Å². The van der Waals surface area contributed by atoms with E-state index in [0.29, 0.717) is 5.56 Å². The maximum Gasteiger partial charge on any atom is 0.573 e. The molecule has 1 heterocycles. The van der Waals surface area contributed by atoms with Crippen molar-refractivity contribution in [2.24, 2.45) is 0 Å². The summed E-state index contributed by atoms with van der Waals surface area (Å²) < 4.78 is 80.9. The van der Waals surface area contributed by atoms with Crippen LogP contribution in [0.2, 0.25) is 0 Å². The zero-order chi connectivity index (χ0) is 18.0. The molecule has 24 heavy (non-hydrogen) atoms. The van der Waals surface area contributed by atoms with Gasteiger partial charge in [-0.25, -0.2) is 4.79 Å². The first-order chi connectivity index (χ1) is 11.0. The van der Waals surface area contributed by atoms with Gasteiger partial charge < -0.3 is 14.3 Å². The zero-order valence-corrected chi connectivity index (χ0v) is 11.9. The van der Waals surface area contributed by atoms with Gasteiger partial charge in [0.25, 0.3) is 0 Å². The Balaban J connectivity index is 1.69. The van der Waals surface area contributed by atoms with Gasteiger partial charge in [0, 0.05) is 0 Å². The second-order valence-corrected chi connectivity index (χ2v) is 4.85. The van der Waals surface area contributed by atoms with Crippen LogP contribution in [0.25, 0.3) is 0 Å². The molecule has 11 heteroatoms. The lowest BCUT2D eigenvalue weighted by Gasteiger charge is -2.36. The third kappa shape index (κ3) is 5.57. The van der Waals surface area contributed by atoms with E-state index in [9.17, 15) is 31.1 Å². The molecule has 0 N–H and O–H groups in total. The highest BCUT2D eigenvalue weighted by Gasteiger charge is 2.44. The molecule has 0 amide bonds. The largest absolute Gasteiger partial charge is 0.573 e. The average molecular weight is 359 g/mol. The minimum Gasteiger partial charge on any atom is -0.406 e. The molecular formula is C13H11F6NO4. The molecule has 0 spiro atoms. The van der Waals surface area contributed by atoms with Crippen LogP contribution in [-0.4, -0.2) is 42.8 Å². The quantitative estimate of drug-likeness (QED) is 0.757. The fourth-order valence-corrected chi connectivity index (χ4v) is 1.75. The van der Waals surface area contributed by atoms with Gasteiger partial charge in [-0.05, 0) is 17.7 Å². The number of ether oxygens (including phenoxy) is 2. The topological polar surface area (TPSA) is 48.0 Å².